The number of rotatable bonds is 3. The predicted octanol–water partition coefficient (Wildman–Crippen LogP) is 4.15. The van der Waals surface area contributed by atoms with Crippen LogP contribution in [0.5, 0.6) is 0 Å². The van der Waals surface area contributed by atoms with Crippen molar-refractivity contribution in [3.8, 4) is 11.4 Å². The molecule has 1 aromatic heterocycles. The molecule has 0 N–H and O–H groups in total. The van der Waals surface area contributed by atoms with Crippen LogP contribution in [0, 0.1) is 5.92 Å². The first-order valence-corrected chi connectivity index (χ1v) is 8.66. The summed E-state index contributed by atoms with van der Waals surface area (Å²) < 4.78 is 7.41. The van der Waals surface area contributed by atoms with Crippen LogP contribution in [0.15, 0.2) is 31.7 Å². The third kappa shape index (κ3) is 3.93. The van der Waals surface area contributed by atoms with Crippen molar-refractivity contribution in [1.29, 1.82) is 0 Å². The number of hydrogen-bond acceptors (Lipinski definition) is 4. The SMILES string of the molecule is CN1CCC(Cc2nc(-c3cc(Br)cc(Br)c3)no2)CC1. The Balaban J connectivity index is 1.71. The highest BCUT2D eigenvalue weighted by Gasteiger charge is 2.20. The Morgan fingerprint density at radius 3 is 2.52 bits per heavy atom. The fourth-order valence-corrected chi connectivity index (χ4v) is 3.94. The van der Waals surface area contributed by atoms with Crippen LogP contribution in [0.4, 0.5) is 0 Å². The van der Waals surface area contributed by atoms with Gasteiger partial charge in [0.05, 0.1) is 0 Å². The van der Waals surface area contributed by atoms with E-state index in [2.05, 4.69) is 53.9 Å². The third-order valence-corrected chi connectivity index (χ3v) is 4.81. The molecule has 2 heterocycles. The van der Waals surface area contributed by atoms with E-state index in [4.69, 9.17) is 4.52 Å². The van der Waals surface area contributed by atoms with Crippen molar-refractivity contribution < 1.29 is 4.52 Å². The Morgan fingerprint density at radius 1 is 1.19 bits per heavy atom. The van der Waals surface area contributed by atoms with Gasteiger partial charge in [-0.05, 0) is 57.1 Å². The summed E-state index contributed by atoms with van der Waals surface area (Å²) in [6.45, 7) is 2.31. The normalized spacial score (nSPS) is 17.3. The van der Waals surface area contributed by atoms with E-state index >= 15 is 0 Å². The Morgan fingerprint density at radius 2 is 1.86 bits per heavy atom. The van der Waals surface area contributed by atoms with Crippen molar-refractivity contribution in [2.24, 2.45) is 5.92 Å². The van der Waals surface area contributed by atoms with Crippen LogP contribution < -0.4 is 0 Å². The van der Waals surface area contributed by atoms with Gasteiger partial charge in [-0.2, -0.15) is 4.98 Å². The molecule has 0 amide bonds. The molecule has 0 radical (unpaired) electrons. The maximum atomic E-state index is 5.42. The van der Waals surface area contributed by atoms with Crippen molar-refractivity contribution in [1.82, 2.24) is 15.0 Å². The van der Waals surface area contributed by atoms with Crippen molar-refractivity contribution >= 4 is 31.9 Å². The lowest BCUT2D eigenvalue weighted by Gasteiger charge is -2.27. The quantitative estimate of drug-likeness (QED) is 0.756. The van der Waals surface area contributed by atoms with E-state index in [1.807, 2.05) is 18.2 Å². The molecule has 0 aliphatic carbocycles. The number of aromatic nitrogens is 2. The van der Waals surface area contributed by atoms with Crippen molar-refractivity contribution in [2.75, 3.05) is 20.1 Å². The van der Waals surface area contributed by atoms with E-state index in [9.17, 15) is 0 Å². The summed E-state index contributed by atoms with van der Waals surface area (Å²) >= 11 is 6.96. The van der Waals surface area contributed by atoms with Gasteiger partial charge in [0.15, 0.2) is 0 Å². The highest BCUT2D eigenvalue weighted by molar-refractivity contribution is 9.11. The molecule has 1 saturated heterocycles. The fourth-order valence-electron chi connectivity index (χ4n) is 2.65. The van der Waals surface area contributed by atoms with Crippen LogP contribution >= 0.6 is 31.9 Å². The highest BCUT2D eigenvalue weighted by atomic mass is 79.9. The second-order valence-corrected chi connectivity index (χ2v) is 7.45. The van der Waals surface area contributed by atoms with Crippen molar-refractivity contribution in [2.45, 2.75) is 19.3 Å². The molecule has 4 nitrogen and oxygen atoms in total. The van der Waals surface area contributed by atoms with E-state index in [0.29, 0.717) is 11.7 Å². The van der Waals surface area contributed by atoms with Crippen molar-refractivity contribution in [3.63, 3.8) is 0 Å². The zero-order chi connectivity index (χ0) is 14.8. The molecule has 1 fully saturated rings. The Hall–Kier alpha value is -0.720. The maximum absolute atomic E-state index is 5.42. The van der Waals surface area contributed by atoms with E-state index in [-0.39, 0.29) is 0 Å². The van der Waals surface area contributed by atoms with E-state index < -0.39 is 0 Å². The summed E-state index contributed by atoms with van der Waals surface area (Å²) in [7, 11) is 2.17. The molecule has 6 heteroatoms. The van der Waals surface area contributed by atoms with Crippen LogP contribution in [0.25, 0.3) is 11.4 Å². The fraction of sp³-hybridized carbons (Fsp3) is 0.467. The van der Waals surface area contributed by atoms with Gasteiger partial charge in [0.1, 0.15) is 0 Å². The van der Waals surface area contributed by atoms with Gasteiger partial charge < -0.3 is 9.42 Å². The first-order valence-electron chi connectivity index (χ1n) is 7.08. The van der Waals surface area contributed by atoms with Gasteiger partial charge in [-0.3, -0.25) is 0 Å². The molecular formula is C15H17Br2N3O. The molecule has 21 heavy (non-hydrogen) atoms. The highest BCUT2D eigenvalue weighted by Crippen LogP contribution is 2.27. The van der Waals surface area contributed by atoms with Gasteiger partial charge in [0.25, 0.3) is 0 Å². The van der Waals surface area contributed by atoms with Gasteiger partial charge in [-0.15, -0.1) is 0 Å². The smallest absolute Gasteiger partial charge is 0.227 e. The Kier molecular flexibility index (Phi) is 4.76. The average molecular weight is 415 g/mol. The monoisotopic (exact) mass is 413 g/mol. The van der Waals surface area contributed by atoms with Crippen molar-refractivity contribution in [3.05, 3.63) is 33.0 Å². The second kappa shape index (κ2) is 6.58. The minimum atomic E-state index is 0.653. The minimum Gasteiger partial charge on any atom is -0.339 e. The van der Waals surface area contributed by atoms with Crippen LogP contribution in [0.3, 0.4) is 0 Å². The third-order valence-electron chi connectivity index (χ3n) is 3.89. The van der Waals surface area contributed by atoms with Gasteiger partial charge in [-0.1, -0.05) is 37.0 Å². The lowest BCUT2D eigenvalue weighted by molar-refractivity contribution is 0.208. The number of benzene rings is 1. The summed E-state index contributed by atoms with van der Waals surface area (Å²) in [6, 6.07) is 5.98. The Bertz CT molecular complexity index is 601. The van der Waals surface area contributed by atoms with Crippen LogP contribution in [0.1, 0.15) is 18.7 Å². The molecule has 1 aliphatic rings. The summed E-state index contributed by atoms with van der Waals surface area (Å²) in [5.74, 6) is 2.05. The van der Waals surface area contributed by atoms with Crippen LogP contribution in [-0.2, 0) is 6.42 Å². The zero-order valence-electron chi connectivity index (χ0n) is 11.9. The van der Waals surface area contributed by atoms with E-state index in [1.165, 1.54) is 12.8 Å². The largest absolute Gasteiger partial charge is 0.339 e. The molecule has 1 aliphatic heterocycles. The van der Waals surface area contributed by atoms with Gasteiger partial charge >= 0.3 is 0 Å². The Labute approximate surface area is 141 Å². The lowest BCUT2D eigenvalue weighted by atomic mass is 9.94. The lowest BCUT2D eigenvalue weighted by Crippen LogP contribution is -2.30. The number of hydrogen-bond donors (Lipinski definition) is 0. The molecule has 3 rings (SSSR count). The molecule has 0 unspecified atom stereocenters. The number of piperidine rings is 1. The zero-order valence-corrected chi connectivity index (χ0v) is 15.0. The maximum Gasteiger partial charge on any atom is 0.227 e. The molecular weight excluding hydrogens is 398 g/mol. The summed E-state index contributed by atoms with van der Waals surface area (Å²) in [4.78, 5) is 6.91. The number of nitrogens with zero attached hydrogens (tertiary/aromatic N) is 3. The predicted molar refractivity (Wildman–Crippen MR) is 89.1 cm³/mol. The van der Waals surface area contributed by atoms with E-state index in [1.54, 1.807) is 0 Å². The topological polar surface area (TPSA) is 42.2 Å². The molecule has 112 valence electrons. The number of halogens is 2. The molecule has 2 aromatic rings. The molecule has 1 aromatic carbocycles. The standard InChI is InChI=1S/C15H17Br2N3O/c1-20-4-2-10(3-5-20)6-14-18-15(19-21-14)11-7-12(16)9-13(17)8-11/h7-10H,2-6H2,1H3. The van der Waals surface area contributed by atoms with Gasteiger partial charge in [0.2, 0.25) is 11.7 Å². The molecule has 0 bridgehead atoms. The van der Waals surface area contributed by atoms with Crippen LogP contribution in [0.2, 0.25) is 0 Å². The minimum absolute atomic E-state index is 0.653. The van der Waals surface area contributed by atoms with Crippen LogP contribution in [-0.4, -0.2) is 35.2 Å². The molecule has 0 saturated carbocycles. The van der Waals surface area contributed by atoms with Gasteiger partial charge in [0, 0.05) is 20.9 Å². The summed E-state index contributed by atoms with van der Waals surface area (Å²) in [6.07, 6.45) is 3.29. The van der Waals surface area contributed by atoms with E-state index in [0.717, 1.165) is 39.9 Å². The van der Waals surface area contributed by atoms with Gasteiger partial charge in [-0.25, -0.2) is 0 Å². The second-order valence-electron chi connectivity index (χ2n) is 5.62. The number of likely N-dealkylation sites (tertiary alicyclic amines) is 1. The average Bonchev–Trinajstić information content (AvgIpc) is 2.89. The first kappa shape index (κ1) is 15.2. The summed E-state index contributed by atoms with van der Waals surface area (Å²) in [5, 5.41) is 4.11. The summed E-state index contributed by atoms with van der Waals surface area (Å²) in [5.41, 5.74) is 0.953. The molecule has 0 spiro atoms. The first-order chi connectivity index (χ1) is 10.1. The molecule has 0 atom stereocenters.